The molecule has 0 radical (unpaired) electrons. The Morgan fingerprint density at radius 2 is 1.10 bits per heavy atom. The molecule has 196 valence electrons. The molecule has 0 fully saturated rings. The summed E-state index contributed by atoms with van der Waals surface area (Å²) in [4.78, 5) is 0. The summed E-state index contributed by atoms with van der Waals surface area (Å²) in [6, 6.07) is 58.0. The van der Waals surface area contributed by atoms with Gasteiger partial charge in [0.25, 0.3) is 0 Å². The van der Waals surface area contributed by atoms with Gasteiger partial charge in [-0.05, 0) is 86.1 Å². The van der Waals surface area contributed by atoms with Gasteiger partial charge in [0, 0.05) is 22.4 Å². The number of benzene rings is 7. The van der Waals surface area contributed by atoms with Gasteiger partial charge in [-0.3, -0.25) is 0 Å². The highest BCUT2D eigenvalue weighted by atomic mass is 15.0. The van der Waals surface area contributed by atoms with Gasteiger partial charge in [0.1, 0.15) is 0 Å². The van der Waals surface area contributed by atoms with Crippen LogP contribution in [-0.2, 0) is 0 Å². The predicted octanol–water partition coefficient (Wildman–Crippen LogP) is 10.8. The molecule has 9 rings (SSSR count). The molecule has 1 nitrogen and oxygen atoms in total. The second-order valence-electron chi connectivity index (χ2n) is 11.3. The van der Waals surface area contributed by atoms with Gasteiger partial charge in [-0.25, -0.2) is 0 Å². The molecule has 0 bridgehead atoms. The third kappa shape index (κ3) is 3.44. The van der Waals surface area contributed by atoms with Crippen LogP contribution in [0.15, 0.2) is 158 Å². The molecule has 0 N–H and O–H groups in total. The largest absolute Gasteiger partial charge is 0.309 e. The fraction of sp³-hybridized carbons (Fsp3) is 0.0244. The molecule has 0 aliphatic heterocycles. The number of aromatic nitrogens is 1. The first-order valence-electron chi connectivity index (χ1n) is 14.6. The average molecular weight is 534 g/mol. The quantitative estimate of drug-likeness (QED) is 0.213. The molecule has 1 unspecified atom stereocenters. The Hall–Kier alpha value is -5.40. The van der Waals surface area contributed by atoms with Crippen LogP contribution in [0.1, 0.15) is 22.6 Å². The van der Waals surface area contributed by atoms with Crippen molar-refractivity contribution >= 4 is 32.6 Å². The molecule has 0 saturated heterocycles. The molecule has 42 heavy (non-hydrogen) atoms. The molecule has 1 atom stereocenters. The molecule has 7 aromatic carbocycles. The van der Waals surface area contributed by atoms with Crippen molar-refractivity contribution in [2.45, 2.75) is 5.92 Å². The van der Waals surface area contributed by atoms with E-state index in [9.17, 15) is 0 Å². The third-order valence-electron chi connectivity index (χ3n) is 9.06. The number of hydrogen-bond acceptors (Lipinski definition) is 0. The lowest BCUT2D eigenvalue weighted by Crippen LogP contribution is -1.98. The number of nitrogens with zero attached hydrogens (tertiary/aromatic N) is 1. The van der Waals surface area contributed by atoms with E-state index in [2.05, 4.69) is 162 Å². The minimum atomic E-state index is 0.272. The summed E-state index contributed by atoms with van der Waals surface area (Å²) in [7, 11) is 0. The fourth-order valence-corrected chi connectivity index (χ4v) is 7.13. The van der Waals surface area contributed by atoms with Gasteiger partial charge in [-0.2, -0.15) is 0 Å². The molecule has 1 aromatic heterocycles. The summed E-state index contributed by atoms with van der Waals surface area (Å²) >= 11 is 0. The van der Waals surface area contributed by atoms with E-state index < -0.39 is 0 Å². The molecular weight excluding hydrogens is 506 g/mol. The van der Waals surface area contributed by atoms with Crippen molar-refractivity contribution in [3.05, 3.63) is 174 Å². The fourth-order valence-electron chi connectivity index (χ4n) is 7.13. The zero-order chi connectivity index (χ0) is 27.6. The van der Waals surface area contributed by atoms with Crippen molar-refractivity contribution in [2.24, 2.45) is 0 Å². The van der Waals surface area contributed by atoms with Crippen LogP contribution in [0.3, 0.4) is 0 Å². The molecule has 0 spiro atoms. The van der Waals surface area contributed by atoms with Crippen molar-refractivity contribution in [1.29, 1.82) is 0 Å². The number of rotatable bonds is 3. The maximum absolute atomic E-state index is 2.41. The van der Waals surface area contributed by atoms with E-state index in [0.717, 1.165) is 0 Å². The van der Waals surface area contributed by atoms with Gasteiger partial charge in [0.15, 0.2) is 0 Å². The predicted molar refractivity (Wildman–Crippen MR) is 177 cm³/mol. The van der Waals surface area contributed by atoms with E-state index in [1.165, 1.54) is 77.2 Å². The Kier molecular flexibility index (Phi) is 5.03. The van der Waals surface area contributed by atoms with Crippen LogP contribution in [0.4, 0.5) is 0 Å². The van der Waals surface area contributed by atoms with Crippen molar-refractivity contribution in [2.75, 3.05) is 0 Å². The monoisotopic (exact) mass is 533 g/mol. The Morgan fingerprint density at radius 3 is 2.02 bits per heavy atom. The number of hydrogen-bond donors (Lipinski definition) is 0. The van der Waals surface area contributed by atoms with Crippen LogP contribution in [0, 0.1) is 0 Å². The molecular formula is C41H27N. The summed E-state index contributed by atoms with van der Waals surface area (Å²) in [5, 5.41) is 5.07. The minimum Gasteiger partial charge on any atom is -0.309 e. The zero-order valence-corrected chi connectivity index (χ0v) is 23.0. The van der Waals surface area contributed by atoms with E-state index in [0.29, 0.717) is 0 Å². The Morgan fingerprint density at radius 1 is 0.405 bits per heavy atom. The highest BCUT2D eigenvalue weighted by Gasteiger charge is 2.29. The SMILES string of the molecule is c1ccc(C2c3ccccc3-c3cc(-c4ccc5c(c4)c4ccccc4n5-c4ccc5ccccc5c4)ccc32)cc1. The summed E-state index contributed by atoms with van der Waals surface area (Å²) in [6.45, 7) is 0. The summed E-state index contributed by atoms with van der Waals surface area (Å²) < 4.78 is 2.41. The average Bonchev–Trinajstić information content (AvgIpc) is 3.57. The van der Waals surface area contributed by atoms with Gasteiger partial charge >= 0.3 is 0 Å². The topological polar surface area (TPSA) is 4.93 Å². The smallest absolute Gasteiger partial charge is 0.0541 e. The van der Waals surface area contributed by atoms with E-state index in [1.807, 2.05) is 0 Å². The molecule has 0 amide bonds. The second kappa shape index (κ2) is 9.06. The van der Waals surface area contributed by atoms with Crippen LogP contribution in [-0.4, -0.2) is 4.57 Å². The van der Waals surface area contributed by atoms with Crippen LogP contribution < -0.4 is 0 Å². The molecule has 1 aliphatic carbocycles. The van der Waals surface area contributed by atoms with Gasteiger partial charge in [-0.15, -0.1) is 0 Å². The number of para-hydroxylation sites is 1. The summed E-state index contributed by atoms with van der Waals surface area (Å²) in [5.74, 6) is 0.272. The summed E-state index contributed by atoms with van der Waals surface area (Å²) in [5.41, 5.74) is 13.0. The van der Waals surface area contributed by atoms with Crippen molar-refractivity contribution in [3.63, 3.8) is 0 Å². The Balaban J connectivity index is 1.22. The Labute approximate surface area is 244 Å². The first-order chi connectivity index (χ1) is 20.8. The van der Waals surface area contributed by atoms with Gasteiger partial charge < -0.3 is 4.57 Å². The summed E-state index contributed by atoms with van der Waals surface area (Å²) in [6.07, 6.45) is 0. The number of fused-ring (bicyclic) bond motifs is 7. The molecule has 1 heterocycles. The Bertz CT molecular complexity index is 2300. The lowest BCUT2D eigenvalue weighted by atomic mass is 9.89. The van der Waals surface area contributed by atoms with E-state index in [1.54, 1.807) is 0 Å². The van der Waals surface area contributed by atoms with E-state index in [-0.39, 0.29) is 5.92 Å². The maximum atomic E-state index is 2.41. The maximum Gasteiger partial charge on any atom is 0.0541 e. The third-order valence-corrected chi connectivity index (χ3v) is 9.06. The van der Waals surface area contributed by atoms with Crippen LogP contribution >= 0.6 is 0 Å². The minimum absolute atomic E-state index is 0.272. The van der Waals surface area contributed by atoms with Crippen molar-refractivity contribution in [3.8, 4) is 27.9 Å². The zero-order valence-electron chi connectivity index (χ0n) is 23.0. The first-order valence-corrected chi connectivity index (χ1v) is 14.6. The molecule has 8 aromatic rings. The highest BCUT2D eigenvalue weighted by molar-refractivity contribution is 6.10. The van der Waals surface area contributed by atoms with Gasteiger partial charge in [0.2, 0.25) is 0 Å². The lowest BCUT2D eigenvalue weighted by Gasteiger charge is -2.14. The van der Waals surface area contributed by atoms with Crippen LogP contribution in [0.25, 0.3) is 60.5 Å². The molecule has 0 saturated carbocycles. The molecule has 1 aliphatic rings. The van der Waals surface area contributed by atoms with Crippen molar-refractivity contribution < 1.29 is 0 Å². The van der Waals surface area contributed by atoms with Crippen LogP contribution in [0.5, 0.6) is 0 Å². The van der Waals surface area contributed by atoms with Gasteiger partial charge in [-0.1, -0.05) is 121 Å². The lowest BCUT2D eigenvalue weighted by molar-refractivity contribution is 1.02. The van der Waals surface area contributed by atoms with E-state index in [4.69, 9.17) is 0 Å². The van der Waals surface area contributed by atoms with E-state index >= 15 is 0 Å². The highest BCUT2D eigenvalue weighted by Crippen LogP contribution is 2.49. The van der Waals surface area contributed by atoms with Crippen molar-refractivity contribution in [1.82, 2.24) is 4.57 Å². The van der Waals surface area contributed by atoms with Crippen LogP contribution in [0.2, 0.25) is 0 Å². The second-order valence-corrected chi connectivity index (χ2v) is 11.3. The first kappa shape index (κ1) is 23.3. The van der Waals surface area contributed by atoms with Gasteiger partial charge in [0.05, 0.1) is 11.0 Å². The standard InChI is InChI=1S/C41H27N/c1-2-11-28(12-3-1)41-35-16-7-6-14-33(35)37-25-30(19-22-36(37)41)31-20-23-40-38(26-31)34-15-8-9-17-39(34)42(40)32-21-18-27-10-4-5-13-29(27)24-32/h1-26,41H. The normalized spacial score (nSPS) is 14.0. The molecule has 1 heteroatoms.